The molecule has 1 heterocycles. The number of ether oxygens (including phenoxy) is 1. The quantitative estimate of drug-likeness (QED) is 0.744. The SMILES string of the molecule is COC(CN)CC(=O)NCCN1C(=O)Cc2ccccc21. The molecular weight excluding hydrogens is 270 g/mol. The van der Waals surface area contributed by atoms with Crippen LogP contribution in [0.15, 0.2) is 24.3 Å². The van der Waals surface area contributed by atoms with Gasteiger partial charge in [-0.2, -0.15) is 0 Å². The van der Waals surface area contributed by atoms with Crippen LogP contribution in [-0.2, 0) is 20.7 Å². The van der Waals surface area contributed by atoms with Crippen molar-refractivity contribution in [2.75, 3.05) is 31.6 Å². The van der Waals surface area contributed by atoms with Crippen molar-refractivity contribution in [3.63, 3.8) is 0 Å². The molecule has 1 aliphatic rings. The zero-order valence-electron chi connectivity index (χ0n) is 12.2. The number of carbonyl (C=O) groups excluding carboxylic acids is 2. The van der Waals surface area contributed by atoms with Gasteiger partial charge in [-0.3, -0.25) is 9.59 Å². The van der Waals surface area contributed by atoms with Crippen LogP contribution in [0.1, 0.15) is 12.0 Å². The van der Waals surface area contributed by atoms with Crippen molar-refractivity contribution in [1.29, 1.82) is 0 Å². The number of amides is 2. The lowest BCUT2D eigenvalue weighted by molar-refractivity contribution is -0.123. The van der Waals surface area contributed by atoms with E-state index < -0.39 is 0 Å². The molecule has 0 saturated carbocycles. The lowest BCUT2D eigenvalue weighted by Crippen LogP contribution is -2.38. The lowest BCUT2D eigenvalue weighted by Gasteiger charge is -2.18. The van der Waals surface area contributed by atoms with Gasteiger partial charge < -0.3 is 20.7 Å². The summed E-state index contributed by atoms with van der Waals surface area (Å²) in [4.78, 5) is 25.4. The van der Waals surface area contributed by atoms with E-state index in [1.54, 1.807) is 4.90 Å². The highest BCUT2D eigenvalue weighted by atomic mass is 16.5. The van der Waals surface area contributed by atoms with E-state index in [1.807, 2.05) is 24.3 Å². The predicted molar refractivity (Wildman–Crippen MR) is 80.0 cm³/mol. The maximum atomic E-state index is 12.0. The minimum absolute atomic E-state index is 0.0715. The summed E-state index contributed by atoms with van der Waals surface area (Å²) in [7, 11) is 1.53. The summed E-state index contributed by atoms with van der Waals surface area (Å²) in [6.07, 6.45) is 0.403. The maximum absolute atomic E-state index is 12.0. The molecule has 0 aromatic heterocycles. The van der Waals surface area contributed by atoms with Crippen molar-refractivity contribution in [2.24, 2.45) is 5.73 Å². The third kappa shape index (κ3) is 3.80. The maximum Gasteiger partial charge on any atom is 0.231 e. The first-order valence-electron chi connectivity index (χ1n) is 7.03. The summed E-state index contributed by atoms with van der Waals surface area (Å²) in [6.45, 7) is 1.20. The van der Waals surface area contributed by atoms with E-state index in [1.165, 1.54) is 7.11 Å². The summed E-state index contributed by atoms with van der Waals surface area (Å²) in [5, 5.41) is 2.79. The van der Waals surface area contributed by atoms with Crippen molar-refractivity contribution in [1.82, 2.24) is 5.32 Å². The largest absolute Gasteiger partial charge is 0.380 e. The normalized spacial score (nSPS) is 15.0. The Morgan fingerprint density at radius 3 is 2.95 bits per heavy atom. The Bertz CT molecular complexity index is 515. The number of hydrogen-bond donors (Lipinski definition) is 2. The molecule has 2 amide bonds. The molecule has 1 aliphatic heterocycles. The Hall–Kier alpha value is -1.92. The molecule has 0 aliphatic carbocycles. The van der Waals surface area contributed by atoms with Crippen molar-refractivity contribution in [3.05, 3.63) is 29.8 Å². The highest BCUT2D eigenvalue weighted by Gasteiger charge is 2.26. The van der Waals surface area contributed by atoms with Gasteiger partial charge in [-0.25, -0.2) is 0 Å². The van der Waals surface area contributed by atoms with Crippen LogP contribution < -0.4 is 16.0 Å². The molecule has 2 rings (SSSR count). The first-order chi connectivity index (χ1) is 10.2. The van der Waals surface area contributed by atoms with Crippen molar-refractivity contribution < 1.29 is 14.3 Å². The number of carbonyl (C=O) groups is 2. The van der Waals surface area contributed by atoms with Crippen molar-refractivity contribution in [2.45, 2.75) is 18.9 Å². The molecule has 6 heteroatoms. The van der Waals surface area contributed by atoms with Gasteiger partial charge in [0.15, 0.2) is 0 Å². The summed E-state index contributed by atoms with van der Waals surface area (Å²) in [5.74, 6) is -0.0468. The van der Waals surface area contributed by atoms with Crippen LogP contribution in [0.4, 0.5) is 5.69 Å². The number of benzene rings is 1. The first kappa shape index (κ1) is 15.5. The average molecular weight is 291 g/mol. The molecule has 1 atom stereocenters. The van der Waals surface area contributed by atoms with E-state index in [2.05, 4.69) is 5.32 Å². The predicted octanol–water partition coefficient (Wildman–Crippen LogP) is 0.0557. The molecule has 114 valence electrons. The van der Waals surface area contributed by atoms with Gasteiger partial charge in [-0.15, -0.1) is 0 Å². The Kier molecular flexibility index (Phi) is 5.30. The van der Waals surface area contributed by atoms with Crippen LogP contribution in [0.2, 0.25) is 0 Å². The van der Waals surface area contributed by atoms with E-state index in [-0.39, 0.29) is 24.3 Å². The fraction of sp³-hybridized carbons (Fsp3) is 0.467. The second-order valence-electron chi connectivity index (χ2n) is 5.00. The first-order valence-corrected chi connectivity index (χ1v) is 7.03. The van der Waals surface area contributed by atoms with Gasteiger partial charge in [0.2, 0.25) is 11.8 Å². The highest BCUT2D eigenvalue weighted by molar-refractivity contribution is 6.01. The number of nitrogens with one attached hydrogen (secondary N) is 1. The zero-order valence-corrected chi connectivity index (χ0v) is 12.2. The summed E-state index contributed by atoms with van der Waals surface area (Å²) in [6, 6.07) is 7.72. The van der Waals surface area contributed by atoms with Gasteiger partial charge in [0.1, 0.15) is 0 Å². The monoisotopic (exact) mass is 291 g/mol. The van der Waals surface area contributed by atoms with Crippen LogP contribution in [0.3, 0.4) is 0 Å². The van der Waals surface area contributed by atoms with E-state index in [4.69, 9.17) is 10.5 Å². The molecule has 0 spiro atoms. The number of methoxy groups -OCH3 is 1. The van der Waals surface area contributed by atoms with Crippen LogP contribution in [-0.4, -0.2) is 44.7 Å². The smallest absolute Gasteiger partial charge is 0.231 e. The van der Waals surface area contributed by atoms with Gasteiger partial charge in [0.25, 0.3) is 0 Å². The van der Waals surface area contributed by atoms with Gasteiger partial charge in [-0.1, -0.05) is 18.2 Å². The van der Waals surface area contributed by atoms with E-state index in [0.717, 1.165) is 11.3 Å². The molecular formula is C15H21N3O3. The molecule has 3 N–H and O–H groups in total. The fourth-order valence-electron chi connectivity index (χ4n) is 2.41. The topological polar surface area (TPSA) is 84.7 Å². The minimum atomic E-state index is -0.265. The highest BCUT2D eigenvalue weighted by Crippen LogP contribution is 2.27. The number of hydrogen-bond acceptors (Lipinski definition) is 4. The van der Waals surface area contributed by atoms with E-state index in [0.29, 0.717) is 26.1 Å². The van der Waals surface area contributed by atoms with Gasteiger partial charge in [0.05, 0.1) is 18.9 Å². The molecule has 6 nitrogen and oxygen atoms in total. The number of fused-ring (bicyclic) bond motifs is 1. The van der Waals surface area contributed by atoms with E-state index >= 15 is 0 Å². The average Bonchev–Trinajstić information content (AvgIpc) is 2.81. The number of rotatable bonds is 7. The molecule has 1 unspecified atom stereocenters. The van der Waals surface area contributed by atoms with E-state index in [9.17, 15) is 9.59 Å². The Morgan fingerprint density at radius 2 is 2.24 bits per heavy atom. The third-order valence-corrected chi connectivity index (χ3v) is 3.59. The van der Waals surface area contributed by atoms with Crippen molar-refractivity contribution in [3.8, 4) is 0 Å². The van der Waals surface area contributed by atoms with Crippen LogP contribution in [0.25, 0.3) is 0 Å². The second-order valence-corrected chi connectivity index (χ2v) is 5.00. The number of nitrogens with two attached hydrogens (primary N) is 1. The molecule has 0 radical (unpaired) electrons. The Morgan fingerprint density at radius 1 is 1.48 bits per heavy atom. The fourth-order valence-corrected chi connectivity index (χ4v) is 2.41. The van der Waals surface area contributed by atoms with Crippen LogP contribution in [0, 0.1) is 0 Å². The molecule has 21 heavy (non-hydrogen) atoms. The number of para-hydroxylation sites is 1. The lowest BCUT2D eigenvalue weighted by atomic mass is 10.2. The Balaban J connectivity index is 1.81. The summed E-state index contributed by atoms with van der Waals surface area (Å²) in [5.41, 5.74) is 7.45. The molecule has 0 fully saturated rings. The standard InChI is InChI=1S/C15H21N3O3/c1-21-12(10-16)9-14(19)17-6-7-18-13-5-3-2-4-11(13)8-15(18)20/h2-5,12H,6-10,16H2,1H3,(H,17,19). The number of nitrogens with zero attached hydrogens (tertiary/aromatic N) is 1. The zero-order chi connectivity index (χ0) is 15.2. The summed E-state index contributed by atoms with van der Waals surface area (Å²) >= 11 is 0. The number of anilines is 1. The third-order valence-electron chi connectivity index (χ3n) is 3.59. The summed E-state index contributed by atoms with van der Waals surface area (Å²) < 4.78 is 5.06. The van der Waals surface area contributed by atoms with Gasteiger partial charge in [0, 0.05) is 32.4 Å². The van der Waals surface area contributed by atoms with Gasteiger partial charge in [-0.05, 0) is 11.6 Å². The molecule has 1 aromatic rings. The molecule has 0 bridgehead atoms. The molecule has 0 saturated heterocycles. The van der Waals surface area contributed by atoms with Crippen molar-refractivity contribution >= 4 is 17.5 Å². The Labute approximate surface area is 124 Å². The molecule has 1 aromatic carbocycles. The van der Waals surface area contributed by atoms with Gasteiger partial charge >= 0.3 is 0 Å². The minimum Gasteiger partial charge on any atom is -0.380 e. The van der Waals surface area contributed by atoms with Crippen LogP contribution in [0.5, 0.6) is 0 Å². The second kappa shape index (κ2) is 7.19. The van der Waals surface area contributed by atoms with Crippen LogP contribution >= 0.6 is 0 Å².